The Balaban J connectivity index is 3.04. The molecule has 0 bridgehead atoms. The molecular formula is C9H9N3O3. The predicted octanol–water partition coefficient (Wildman–Crippen LogP) is 1.92. The fourth-order valence-electron chi connectivity index (χ4n) is 1.07. The molecular weight excluding hydrogens is 198 g/mol. The van der Waals surface area contributed by atoms with Crippen molar-refractivity contribution in [1.82, 2.24) is 0 Å². The van der Waals surface area contributed by atoms with Gasteiger partial charge in [-0.05, 0) is 23.2 Å². The summed E-state index contributed by atoms with van der Waals surface area (Å²) in [4.78, 5) is 13.8. The van der Waals surface area contributed by atoms with Crippen molar-refractivity contribution in [3.63, 3.8) is 0 Å². The topological polar surface area (TPSA) is 95.3 Å². The molecule has 78 valence electrons. The zero-order chi connectivity index (χ0) is 11.3. The fraction of sp³-hybridized carbons (Fsp3) is 0.222. The van der Waals surface area contributed by atoms with Crippen LogP contribution in [0.2, 0.25) is 0 Å². The second kappa shape index (κ2) is 4.88. The first-order valence-corrected chi connectivity index (χ1v) is 4.10. The van der Waals surface area contributed by atoms with E-state index in [0.29, 0.717) is 5.56 Å². The van der Waals surface area contributed by atoms with Gasteiger partial charge in [0.2, 0.25) is 0 Å². The SMILES string of the molecule is COC(=O)[C@@H](N=[N+]=[N-])c1ccc(O)cc1. The summed E-state index contributed by atoms with van der Waals surface area (Å²) >= 11 is 0. The van der Waals surface area contributed by atoms with E-state index in [1.807, 2.05) is 0 Å². The third kappa shape index (κ3) is 2.62. The standard InChI is InChI=1S/C9H9N3O3/c1-15-9(14)8(11-12-10)6-2-4-7(13)5-3-6/h2-5,8,13H,1H3/t8-/m0/s1. The van der Waals surface area contributed by atoms with Gasteiger partial charge in [-0.25, -0.2) is 0 Å². The number of aromatic hydroxyl groups is 1. The van der Waals surface area contributed by atoms with Crippen LogP contribution in [0.5, 0.6) is 5.75 Å². The van der Waals surface area contributed by atoms with E-state index in [1.165, 1.54) is 31.4 Å². The molecule has 1 aromatic rings. The number of phenols is 1. The Morgan fingerprint density at radius 2 is 2.13 bits per heavy atom. The van der Waals surface area contributed by atoms with Crippen molar-refractivity contribution in [2.24, 2.45) is 5.11 Å². The van der Waals surface area contributed by atoms with E-state index >= 15 is 0 Å². The van der Waals surface area contributed by atoms with E-state index in [2.05, 4.69) is 14.8 Å². The minimum atomic E-state index is -1.01. The number of hydrogen-bond donors (Lipinski definition) is 1. The number of carbonyl (C=O) groups excluding carboxylic acids is 1. The average Bonchev–Trinajstić information content (AvgIpc) is 2.26. The molecule has 1 aromatic carbocycles. The van der Waals surface area contributed by atoms with Gasteiger partial charge >= 0.3 is 5.97 Å². The number of rotatable bonds is 3. The molecule has 6 nitrogen and oxygen atoms in total. The Kier molecular flexibility index (Phi) is 3.54. The molecule has 0 amide bonds. The molecule has 1 N–H and O–H groups in total. The maximum atomic E-state index is 11.2. The summed E-state index contributed by atoms with van der Waals surface area (Å²) in [6.07, 6.45) is 0. The van der Waals surface area contributed by atoms with E-state index < -0.39 is 12.0 Å². The summed E-state index contributed by atoms with van der Waals surface area (Å²) in [5.41, 5.74) is 8.77. The van der Waals surface area contributed by atoms with Crippen molar-refractivity contribution in [2.45, 2.75) is 6.04 Å². The molecule has 0 unspecified atom stereocenters. The Morgan fingerprint density at radius 3 is 2.60 bits per heavy atom. The van der Waals surface area contributed by atoms with E-state index in [0.717, 1.165) is 0 Å². The maximum Gasteiger partial charge on any atom is 0.319 e. The Morgan fingerprint density at radius 1 is 1.53 bits per heavy atom. The van der Waals surface area contributed by atoms with Gasteiger partial charge in [0, 0.05) is 4.91 Å². The van der Waals surface area contributed by atoms with Crippen LogP contribution >= 0.6 is 0 Å². The number of nitrogens with zero attached hydrogens (tertiary/aromatic N) is 3. The van der Waals surface area contributed by atoms with Gasteiger partial charge in [0.05, 0.1) is 7.11 Å². The molecule has 6 heteroatoms. The molecule has 0 heterocycles. The highest BCUT2D eigenvalue weighted by atomic mass is 16.5. The molecule has 0 aliphatic carbocycles. The predicted molar refractivity (Wildman–Crippen MR) is 52.0 cm³/mol. The van der Waals surface area contributed by atoms with Gasteiger partial charge in [-0.15, -0.1) is 0 Å². The number of phenolic OH excluding ortho intramolecular Hbond substituents is 1. The maximum absolute atomic E-state index is 11.2. The van der Waals surface area contributed by atoms with Gasteiger partial charge in [-0.2, -0.15) is 0 Å². The molecule has 15 heavy (non-hydrogen) atoms. The van der Waals surface area contributed by atoms with Crippen LogP contribution in [0.3, 0.4) is 0 Å². The molecule has 0 aromatic heterocycles. The van der Waals surface area contributed by atoms with Crippen LogP contribution in [-0.4, -0.2) is 18.2 Å². The number of carbonyl (C=O) groups is 1. The van der Waals surface area contributed by atoms with Crippen LogP contribution in [0.15, 0.2) is 29.4 Å². The van der Waals surface area contributed by atoms with Crippen LogP contribution in [0.1, 0.15) is 11.6 Å². The van der Waals surface area contributed by atoms with Crippen LogP contribution in [0.25, 0.3) is 10.4 Å². The Bertz CT molecular complexity index is 396. The van der Waals surface area contributed by atoms with Gasteiger partial charge < -0.3 is 9.84 Å². The second-order valence-corrected chi connectivity index (χ2v) is 2.72. The second-order valence-electron chi connectivity index (χ2n) is 2.72. The van der Waals surface area contributed by atoms with Crippen molar-refractivity contribution in [3.8, 4) is 5.75 Å². The highest BCUT2D eigenvalue weighted by Crippen LogP contribution is 2.21. The summed E-state index contributed by atoms with van der Waals surface area (Å²) in [5.74, 6) is -0.568. The van der Waals surface area contributed by atoms with E-state index in [-0.39, 0.29) is 5.75 Å². The van der Waals surface area contributed by atoms with Gasteiger partial charge in [0.15, 0.2) is 6.04 Å². The normalized spacial score (nSPS) is 11.3. The third-order valence-electron chi connectivity index (χ3n) is 1.80. The first kappa shape index (κ1) is 10.9. The zero-order valence-corrected chi connectivity index (χ0v) is 7.99. The van der Waals surface area contributed by atoms with Crippen molar-refractivity contribution in [1.29, 1.82) is 0 Å². The van der Waals surface area contributed by atoms with Gasteiger partial charge in [-0.3, -0.25) is 4.79 Å². The van der Waals surface area contributed by atoms with Crippen molar-refractivity contribution in [2.75, 3.05) is 7.11 Å². The summed E-state index contributed by atoms with van der Waals surface area (Å²) in [6.45, 7) is 0. The number of ether oxygens (including phenoxy) is 1. The minimum absolute atomic E-state index is 0.0725. The van der Waals surface area contributed by atoms with Crippen LogP contribution < -0.4 is 0 Å². The largest absolute Gasteiger partial charge is 0.508 e. The highest BCUT2D eigenvalue weighted by molar-refractivity contribution is 5.77. The van der Waals surface area contributed by atoms with Crippen LogP contribution in [0, 0.1) is 0 Å². The van der Waals surface area contributed by atoms with Crippen molar-refractivity contribution < 1.29 is 14.6 Å². The van der Waals surface area contributed by atoms with E-state index in [9.17, 15) is 4.79 Å². The molecule has 0 saturated heterocycles. The molecule has 1 rings (SSSR count). The smallest absolute Gasteiger partial charge is 0.319 e. The highest BCUT2D eigenvalue weighted by Gasteiger charge is 2.19. The Hall–Kier alpha value is -2.20. The van der Waals surface area contributed by atoms with E-state index in [1.54, 1.807) is 0 Å². The quantitative estimate of drug-likeness (QED) is 0.355. The summed E-state index contributed by atoms with van der Waals surface area (Å²) in [5, 5.41) is 12.4. The molecule has 0 radical (unpaired) electrons. The number of methoxy groups -OCH3 is 1. The molecule has 0 spiro atoms. The molecule has 0 fully saturated rings. The zero-order valence-electron chi connectivity index (χ0n) is 7.99. The summed E-state index contributed by atoms with van der Waals surface area (Å²) in [6, 6.07) is 4.77. The first-order valence-electron chi connectivity index (χ1n) is 4.10. The van der Waals surface area contributed by atoms with Gasteiger partial charge in [0.1, 0.15) is 5.75 Å². The van der Waals surface area contributed by atoms with Crippen molar-refractivity contribution >= 4 is 5.97 Å². The lowest BCUT2D eigenvalue weighted by Crippen LogP contribution is -2.11. The molecule has 1 atom stereocenters. The lowest BCUT2D eigenvalue weighted by molar-refractivity contribution is -0.142. The summed E-state index contributed by atoms with van der Waals surface area (Å²) in [7, 11) is 1.21. The lowest BCUT2D eigenvalue weighted by atomic mass is 10.1. The minimum Gasteiger partial charge on any atom is -0.508 e. The molecule has 0 saturated carbocycles. The molecule has 0 aliphatic heterocycles. The van der Waals surface area contributed by atoms with Gasteiger partial charge in [0.25, 0.3) is 0 Å². The van der Waals surface area contributed by atoms with Crippen molar-refractivity contribution in [3.05, 3.63) is 40.3 Å². The molecule has 0 aliphatic rings. The number of azide groups is 1. The number of esters is 1. The van der Waals surface area contributed by atoms with E-state index in [4.69, 9.17) is 10.6 Å². The number of hydrogen-bond acceptors (Lipinski definition) is 4. The fourth-order valence-corrected chi connectivity index (χ4v) is 1.07. The third-order valence-corrected chi connectivity index (χ3v) is 1.80. The monoisotopic (exact) mass is 207 g/mol. The van der Waals surface area contributed by atoms with Crippen LogP contribution in [-0.2, 0) is 9.53 Å². The number of benzene rings is 1. The lowest BCUT2D eigenvalue weighted by Gasteiger charge is -2.08. The van der Waals surface area contributed by atoms with Gasteiger partial charge in [-0.1, -0.05) is 17.2 Å². The summed E-state index contributed by atoms with van der Waals surface area (Å²) < 4.78 is 4.48. The first-order chi connectivity index (χ1) is 7.19. The van der Waals surface area contributed by atoms with Crippen LogP contribution in [0.4, 0.5) is 0 Å². The Labute approximate surface area is 85.7 Å². The average molecular weight is 207 g/mol.